The zero-order chi connectivity index (χ0) is 18.3. The van der Waals surface area contributed by atoms with Crippen molar-refractivity contribution in [1.29, 1.82) is 0 Å². The summed E-state index contributed by atoms with van der Waals surface area (Å²) in [4.78, 5) is 18.9. The fourth-order valence-corrected chi connectivity index (χ4v) is 3.64. The standard InChI is InChI=1S/C19H16Cl2N2O3/c20-13-7-12(8-14(21)10-13)18-22-16-2-1-11(9-17(16)26-18)19(25)23-5-3-15(24)4-6-23/h1-2,7-10,15,24H,3-6H2. The minimum Gasteiger partial charge on any atom is -0.436 e. The minimum absolute atomic E-state index is 0.0671. The van der Waals surface area contributed by atoms with E-state index in [0.29, 0.717) is 64.1 Å². The number of rotatable bonds is 2. The number of fused-ring (bicyclic) bond motifs is 1. The van der Waals surface area contributed by atoms with Gasteiger partial charge in [0.15, 0.2) is 5.58 Å². The number of oxazole rings is 1. The van der Waals surface area contributed by atoms with Crippen LogP contribution in [0.1, 0.15) is 23.2 Å². The number of aliphatic hydroxyl groups excluding tert-OH is 1. The Morgan fingerprint density at radius 3 is 2.50 bits per heavy atom. The van der Waals surface area contributed by atoms with Crippen LogP contribution in [0.5, 0.6) is 0 Å². The normalized spacial score (nSPS) is 15.6. The van der Waals surface area contributed by atoms with Gasteiger partial charge in [0.2, 0.25) is 5.89 Å². The van der Waals surface area contributed by atoms with Gasteiger partial charge in [-0.25, -0.2) is 4.98 Å². The van der Waals surface area contributed by atoms with Crippen LogP contribution in [0.3, 0.4) is 0 Å². The van der Waals surface area contributed by atoms with E-state index in [0.717, 1.165) is 0 Å². The van der Waals surface area contributed by atoms with Gasteiger partial charge in [0, 0.05) is 34.3 Å². The number of aromatic nitrogens is 1. The first-order valence-corrected chi connectivity index (χ1v) is 9.09. The predicted molar refractivity (Wildman–Crippen MR) is 101 cm³/mol. The lowest BCUT2D eigenvalue weighted by Crippen LogP contribution is -2.40. The van der Waals surface area contributed by atoms with Crippen LogP contribution in [-0.2, 0) is 0 Å². The van der Waals surface area contributed by atoms with Crippen LogP contribution in [0.4, 0.5) is 0 Å². The molecule has 1 aliphatic rings. The molecule has 5 nitrogen and oxygen atoms in total. The third-order valence-electron chi connectivity index (χ3n) is 4.50. The van der Waals surface area contributed by atoms with Gasteiger partial charge >= 0.3 is 0 Å². The van der Waals surface area contributed by atoms with Gasteiger partial charge in [-0.2, -0.15) is 0 Å². The number of benzene rings is 2. The van der Waals surface area contributed by atoms with Crippen molar-refractivity contribution in [3.05, 3.63) is 52.0 Å². The largest absolute Gasteiger partial charge is 0.436 e. The molecule has 0 spiro atoms. The Bertz CT molecular complexity index is 958. The quantitative estimate of drug-likeness (QED) is 0.703. The van der Waals surface area contributed by atoms with E-state index in [9.17, 15) is 9.90 Å². The molecule has 2 heterocycles. The van der Waals surface area contributed by atoms with Crippen LogP contribution >= 0.6 is 23.2 Å². The first-order valence-electron chi connectivity index (χ1n) is 8.34. The zero-order valence-electron chi connectivity index (χ0n) is 13.8. The summed E-state index contributed by atoms with van der Waals surface area (Å²) in [5, 5.41) is 10.6. The third-order valence-corrected chi connectivity index (χ3v) is 4.93. The topological polar surface area (TPSA) is 66.6 Å². The summed E-state index contributed by atoms with van der Waals surface area (Å²) in [5.74, 6) is 0.331. The van der Waals surface area contributed by atoms with E-state index < -0.39 is 0 Å². The molecular weight excluding hydrogens is 375 g/mol. The highest BCUT2D eigenvalue weighted by molar-refractivity contribution is 6.35. The highest BCUT2D eigenvalue weighted by Crippen LogP contribution is 2.30. The fraction of sp³-hybridized carbons (Fsp3) is 0.263. The number of piperidine rings is 1. The number of aliphatic hydroxyl groups is 1. The predicted octanol–water partition coefficient (Wildman–Crippen LogP) is 4.40. The average Bonchev–Trinajstić information content (AvgIpc) is 3.04. The summed E-state index contributed by atoms with van der Waals surface area (Å²) < 4.78 is 5.82. The van der Waals surface area contributed by atoms with Gasteiger partial charge < -0.3 is 14.4 Å². The zero-order valence-corrected chi connectivity index (χ0v) is 15.3. The number of carbonyl (C=O) groups is 1. The third kappa shape index (κ3) is 3.43. The van der Waals surface area contributed by atoms with Crippen LogP contribution < -0.4 is 0 Å². The Labute approximate surface area is 160 Å². The van der Waals surface area contributed by atoms with Gasteiger partial charge in [0.25, 0.3) is 5.91 Å². The van der Waals surface area contributed by atoms with Crippen molar-refractivity contribution in [1.82, 2.24) is 9.88 Å². The van der Waals surface area contributed by atoms with Crippen molar-refractivity contribution in [2.75, 3.05) is 13.1 Å². The maximum absolute atomic E-state index is 12.7. The van der Waals surface area contributed by atoms with Crippen LogP contribution in [0.25, 0.3) is 22.6 Å². The highest BCUT2D eigenvalue weighted by atomic mass is 35.5. The summed E-state index contributed by atoms with van der Waals surface area (Å²) >= 11 is 12.1. The van der Waals surface area contributed by atoms with Crippen molar-refractivity contribution in [2.24, 2.45) is 0 Å². The van der Waals surface area contributed by atoms with E-state index in [1.807, 2.05) is 0 Å². The van der Waals surface area contributed by atoms with Crippen LogP contribution in [0, 0.1) is 0 Å². The molecule has 7 heteroatoms. The molecule has 3 aromatic rings. The first kappa shape index (κ1) is 17.3. The van der Waals surface area contributed by atoms with Crippen LogP contribution in [0.15, 0.2) is 40.8 Å². The van der Waals surface area contributed by atoms with Gasteiger partial charge in [-0.3, -0.25) is 4.79 Å². The number of hydrogen-bond donors (Lipinski definition) is 1. The lowest BCUT2D eigenvalue weighted by Gasteiger charge is -2.29. The minimum atomic E-state index is -0.317. The second kappa shape index (κ2) is 6.91. The average molecular weight is 391 g/mol. The van der Waals surface area contributed by atoms with E-state index >= 15 is 0 Å². The molecule has 4 rings (SSSR count). The Kier molecular flexibility index (Phi) is 4.61. The van der Waals surface area contributed by atoms with E-state index in [4.69, 9.17) is 27.6 Å². The molecule has 26 heavy (non-hydrogen) atoms. The summed E-state index contributed by atoms with van der Waals surface area (Å²) in [6, 6.07) is 10.3. The molecule has 1 saturated heterocycles. The molecule has 1 N–H and O–H groups in total. The first-order chi connectivity index (χ1) is 12.5. The molecule has 2 aromatic carbocycles. The summed E-state index contributed by atoms with van der Waals surface area (Å²) in [6.07, 6.45) is 0.897. The van der Waals surface area contributed by atoms with Gasteiger partial charge in [-0.05, 0) is 49.2 Å². The Balaban J connectivity index is 1.64. The Morgan fingerprint density at radius 2 is 1.81 bits per heavy atom. The molecule has 1 aromatic heterocycles. The number of nitrogens with zero attached hydrogens (tertiary/aromatic N) is 2. The van der Waals surface area contributed by atoms with Crippen molar-refractivity contribution >= 4 is 40.2 Å². The Hall–Kier alpha value is -2.08. The molecule has 1 amide bonds. The molecule has 0 bridgehead atoms. The molecule has 0 saturated carbocycles. The van der Waals surface area contributed by atoms with E-state index in [1.165, 1.54) is 0 Å². The van der Waals surface area contributed by atoms with E-state index in [2.05, 4.69) is 4.98 Å². The number of amides is 1. The molecule has 0 radical (unpaired) electrons. The fourth-order valence-electron chi connectivity index (χ4n) is 3.11. The molecule has 1 fully saturated rings. The smallest absolute Gasteiger partial charge is 0.253 e. The van der Waals surface area contributed by atoms with E-state index in [-0.39, 0.29) is 12.0 Å². The Morgan fingerprint density at radius 1 is 1.12 bits per heavy atom. The summed E-state index contributed by atoms with van der Waals surface area (Å²) in [5.41, 5.74) is 2.40. The van der Waals surface area contributed by atoms with Gasteiger partial charge in [0.05, 0.1) is 6.10 Å². The molecular formula is C19H16Cl2N2O3. The molecule has 1 aliphatic heterocycles. The molecule has 0 unspecified atom stereocenters. The lowest BCUT2D eigenvalue weighted by atomic mass is 10.1. The molecule has 134 valence electrons. The van der Waals surface area contributed by atoms with Crippen molar-refractivity contribution in [3.63, 3.8) is 0 Å². The van der Waals surface area contributed by atoms with Crippen LogP contribution in [-0.4, -0.2) is 40.1 Å². The number of likely N-dealkylation sites (tertiary alicyclic amines) is 1. The summed E-state index contributed by atoms with van der Waals surface area (Å²) in [6.45, 7) is 1.11. The van der Waals surface area contributed by atoms with E-state index in [1.54, 1.807) is 41.3 Å². The maximum atomic E-state index is 12.7. The molecule has 0 aliphatic carbocycles. The highest BCUT2D eigenvalue weighted by Gasteiger charge is 2.23. The van der Waals surface area contributed by atoms with Crippen LogP contribution in [0.2, 0.25) is 10.0 Å². The number of halogens is 2. The van der Waals surface area contributed by atoms with Gasteiger partial charge in [-0.15, -0.1) is 0 Å². The monoisotopic (exact) mass is 390 g/mol. The number of hydrogen-bond acceptors (Lipinski definition) is 4. The summed E-state index contributed by atoms with van der Waals surface area (Å²) in [7, 11) is 0. The molecule has 0 atom stereocenters. The number of carbonyl (C=O) groups excluding carboxylic acids is 1. The SMILES string of the molecule is O=C(c1ccc2nc(-c3cc(Cl)cc(Cl)c3)oc2c1)N1CCC(O)CC1. The van der Waals surface area contributed by atoms with Gasteiger partial charge in [-0.1, -0.05) is 23.2 Å². The van der Waals surface area contributed by atoms with Gasteiger partial charge in [0.1, 0.15) is 5.52 Å². The van der Waals surface area contributed by atoms with Crippen molar-refractivity contribution in [2.45, 2.75) is 18.9 Å². The second-order valence-electron chi connectivity index (χ2n) is 6.38. The maximum Gasteiger partial charge on any atom is 0.253 e. The van der Waals surface area contributed by atoms with Crippen molar-refractivity contribution in [3.8, 4) is 11.5 Å². The van der Waals surface area contributed by atoms with Crippen molar-refractivity contribution < 1.29 is 14.3 Å². The second-order valence-corrected chi connectivity index (χ2v) is 7.26. The lowest BCUT2D eigenvalue weighted by molar-refractivity contribution is 0.0546.